The zero-order chi connectivity index (χ0) is 13.9. The summed E-state index contributed by atoms with van der Waals surface area (Å²) in [7, 11) is 0. The van der Waals surface area contributed by atoms with Crippen LogP contribution in [-0.4, -0.2) is 4.98 Å². The summed E-state index contributed by atoms with van der Waals surface area (Å²) in [6.07, 6.45) is 3.61. The van der Waals surface area contributed by atoms with Crippen molar-refractivity contribution in [3.63, 3.8) is 0 Å². The Kier molecular flexibility index (Phi) is 3.89. The minimum absolute atomic E-state index is 0.0310. The van der Waals surface area contributed by atoms with Crippen LogP contribution in [0.4, 0.5) is 0 Å². The van der Waals surface area contributed by atoms with E-state index in [4.69, 9.17) is 4.74 Å². The third kappa shape index (κ3) is 3.57. The fourth-order valence-electron chi connectivity index (χ4n) is 1.94. The maximum atomic E-state index is 5.94. The molecule has 1 aromatic heterocycles. The summed E-state index contributed by atoms with van der Waals surface area (Å²) in [5.74, 6) is 0.900. The third-order valence-electron chi connectivity index (χ3n) is 3.21. The van der Waals surface area contributed by atoms with Crippen LogP contribution < -0.4 is 4.74 Å². The van der Waals surface area contributed by atoms with E-state index >= 15 is 0 Å². The molecule has 0 aliphatic carbocycles. The highest BCUT2D eigenvalue weighted by atomic mass is 16.5. The van der Waals surface area contributed by atoms with E-state index in [-0.39, 0.29) is 11.5 Å². The molecule has 0 amide bonds. The molecule has 0 radical (unpaired) electrons. The van der Waals surface area contributed by atoms with Crippen molar-refractivity contribution >= 4 is 0 Å². The minimum atomic E-state index is 0.0310. The zero-order valence-electron chi connectivity index (χ0n) is 12.1. The van der Waals surface area contributed by atoms with Crippen molar-refractivity contribution in [2.45, 2.75) is 39.2 Å². The Morgan fingerprint density at radius 2 is 1.53 bits per heavy atom. The largest absolute Gasteiger partial charge is 0.486 e. The Morgan fingerprint density at radius 3 is 2.05 bits per heavy atom. The molecule has 2 aromatic rings. The quantitative estimate of drug-likeness (QED) is 0.804. The molecule has 1 unspecified atom stereocenters. The van der Waals surface area contributed by atoms with Gasteiger partial charge in [-0.3, -0.25) is 4.98 Å². The zero-order valence-corrected chi connectivity index (χ0v) is 12.1. The Bertz CT molecular complexity index is 511. The van der Waals surface area contributed by atoms with Crippen LogP contribution in [-0.2, 0) is 5.41 Å². The van der Waals surface area contributed by atoms with Gasteiger partial charge >= 0.3 is 0 Å². The fourth-order valence-corrected chi connectivity index (χ4v) is 1.94. The van der Waals surface area contributed by atoms with Crippen molar-refractivity contribution in [3.05, 3.63) is 59.9 Å². The predicted molar refractivity (Wildman–Crippen MR) is 78.4 cm³/mol. The predicted octanol–water partition coefficient (Wildman–Crippen LogP) is 4.52. The number of nitrogens with zero attached hydrogens (tertiary/aromatic N) is 1. The van der Waals surface area contributed by atoms with Gasteiger partial charge in [0.25, 0.3) is 0 Å². The first kappa shape index (κ1) is 13.6. The second-order valence-electron chi connectivity index (χ2n) is 5.82. The summed E-state index contributed by atoms with van der Waals surface area (Å²) < 4.78 is 5.94. The SMILES string of the molecule is CC(Oc1ccc(C(C)(C)C)cc1)c1ccncc1. The third-order valence-corrected chi connectivity index (χ3v) is 3.21. The first-order valence-corrected chi connectivity index (χ1v) is 6.64. The van der Waals surface area contributed by atoms with Crippen LogP contribution in [0, 0.1) is 0 Å². The van der Waals surface area contributed by atoms with Gasteiger partial charge in [-0.05, 0) is 47.7 Å². The van der Waals surface area contributed by atoms with Crippen molar-refractivity contribution in [3.8, 4) is 5.75 Å². The highest BCUT2D eigenvalue weighted by Crippen LogP contribution is 2.26. The molecule has 19 heavy (non-hydrogen) atoms. The molecule has 1 atom stereocenters. The number of ether oxygens (including phenoxy) is 1. The van der Waals surface area contributed by atoms with Crippen LogP contribution in [0.15, 0.2) is 48.8 Å². The second-order valence-corrected chi connectivity index (χ2v) is 5.82. The lowest BCUT2D eigenvalue weighted by atomic mass is 9.87. The molecule has 2 nitrogen and oxygen atoms in total. The fraction of sp³-hybridized carbons (Fsp3) is 0.353. The van der Waals surface area contributed by atoms with Gasteiger partial charge < -0.3 is 4.74 Å². The molecule has 0 saturated heterocycles. The van der Waals surface area contributed by atoms with E-state index in [1.807, 2.05) is 31.2 Å². The molecular formula is C17H21NO. The van der Waals surface area contributed by atoms with Crippen LogP contribution in [0.1, 0.15) is 44.9 Å². The van der Waals surface area contributed by atoms with Gasteiger partial charge in [-0.15, -0.1) is 0 Å². The molecule has 2 rings (SSSR count). The van der Waals surface area contributed by atoms with Gasteiger partial charge in [-0.2, -0.15) is 0 Å². The molecule has 1 heterocycles. The van der Waals surface area contributed by atoms with Gasteiger partial charge in [0.1, 0.15) is 11.9 Å². The van der Waals surface area contributed by atoms with Gasteiger partial charge in [0.2, 0.25) is 0 Å². The minimum Gasteiger partial charge on any atom is -0.486 e. The van der Waals surface area contributed by atoms with E-state index in [0.29, 0.717) is 0 Å². The van der Waals surface area contributed by atoms with Crippen LogP contribution in [0.5, 0.6) is 5.75 Å². The van der Waals surface area contributed by atoms with Gasteiger partial charge in [0, 0.05) is 12.4 Å². The van der Waals surface area contributed by atoms with Gasteiger partial charge in [0.05, 0.1) is 0 Å². The lowest BCUT2D eigenvalue weighted by Gasteiger charge is -2.20. The number of hydrogen-bond donors (Lipinski definition) is 0. The van der Waals surface area contributed by atoms with Crippen molar-refractivity contribution < 1.29 is 4.74 Å². The van der Waals surface area contributed by atoms with Crippen LogP contribution in [0.3, 0.4) is 0 Å². The summed E-state index contributed by atoms with van der Waals surface area (Å²) in [4.78, 5) is 4.02. The average molecular weight is 255 g/mol. The molecule has 0 aliphatic rings. The number of hydrogen-bond acceptors (Lipinski definition) is 2. The highest BCUT2D eigenvalue weighted by Gasteiger charge is 2.13. The van der Waals surface area contributed by atoms with Crippen LogP contribution >= 0.6 is 0 Å². The lowest BCUT2D eigenvalue weighted by Crippen LogP contribution is -2.10. The molecule has 0 fully saturated rings. The molecule has 0 spiro atoms. The summed E-state index contributed by atoms with van der Waals surface area (Å²) in [6.45, 7) is 8.68. The maximum absolute atomic E-state index is 5.94. The molecule has 0 aliphatic heterocycles. The Morgan fingerprint density at radius 1 is 0.947 bits per heavy atom. The first-order chi connectivity index (χ1) is 8.97. The average Bonchev–Trinajstić information content (AvgIpc) is 2.39. The number of benzene rings is 1. The van der Waals surface area contributed by atoms with E-state index in [2.05, 4.69) is 37.9 Å². The van der Waals surface area contributed by atoms with Crippen molar-refractivity contribution in [1.82, 2.24) is 4.98 Å². The Balaban J connectivity index is 2.08. The van der Waals surface area contributed by atoms with Gasteiger partial charge in [-0.1, -0.05) is 32.9 Å². The van der Waals surface area contributed by atoms with Crippen molar-refractivity contribution in [2.24, 2.45) is 0 Å². The molecule has 0 saturated carbocycles. The Labute approximate surface area is 115 Å². The highest BCUT2D eigenvalue weighted by molar-refractivity contribution is 5.31. The number of aromatic nitrogens is 1. The molecule has 100 valence electrons. The van der Waals surface area contributed by atoms with E-state index in [9.17, 15) is 0 Å². The van der Waals surface area contributed by atoms with E-state index in [1.54, 1.807) is 12.4 Å². The summed E-state index contributed by atoms with van der Waals surface area (Å²) in [5, 5.41) is 0. The molecule has 1 aromatic carbocycles. The smallest absolute Gasteiger partial charge is 0.121 e. The molecule has 0 N–H and O–H groups in total. The summed E-state index contributed by atoms with van der Waals surface area (Å²) in [5.41, 5.74) is 2.63. The summed E-state index contributed by atoms with van der Waals surface area (Å²) >= 11 is 0. The Hall–Kier alpha value is -1.83. The van der Waals surface area contributed by atoms with Crippen LogP contribution in [0.25, 0.3) is 0 Å². The van der Waals surface area contributed by atoms with Gasteiger partial charge in [0.15, 0.2) is 0 Å². The van der Waals surface area contributed by atoms with Crippen molar-refractivity contribution in [2.75, 3.05) is 0 Å². The topological polar surface area (TPSA) is 22.1 Å². The second kappa shape index (κ2) is 5.43. The van der Waals surface area contributed by atoms with E-state index in [0.717, 1.165) is 11.3 Å². The lowest BCUT2D eigenvalue weighted by molar-refractivity contribution is 0.226. The first-order valence-electron chi connectivity index (χ1n) is 6.64. The molecule has 2 heteroatoms. The molecular weight excluding hydrogens is 234 g/mol. The number of pyridine rings is 1. The molecule has 0 bridgehead atoms. The maximum Gasteiger partial charge on any atom is 0.121 e. The van der Waals surface area contributed by atoms with E-state index < -0.39 is 0 Å². The van der Waals surface area contributed by atoms with Crippen LogP contribution in [0.2, 0.25) is 0 Å². The van der Waals surface area contributed by atoms with E-state index in [1.165, 1.54) is 5.56 Å². The monoisotopic (exact) mass is 255 g/mol. The summed E-state index contributed by atoms with van der Waals surface area (Å²) in [6, 6.07) is 12.3. The standard InChI is InChI=1S/C17H21NO/c1-13(14-9-11-18-12-10-14)19-16-7-5-15(6-8-16)17(2,3)4/h5-13H,1-4H3. The normalized spacial score (nSPS) is 13.1. The van der Waals surface area contributed by atoms with Gasteiger partial charge in [-0.25, -0.2) is 0 Å². The number of rotatable bonds is 3. The van der Waals surface area contributed by atoms with Crippen molar-refractivity contribution in [1.29, 1.82) is 0 Å².